The van der Waals surface area contributed by atoms with E-state index in [1.807, 2.05) is 0 Å². The minimum atomic E-state index is 0.187. The second kappa shape index (κ2) is 7.88. The Labute approximate surface area is 117 Å². The third-order valence-electron chi connectivity index (χ3n) is 4.96. The summed E-state index contributed by atoms with van der Waals surface area (Å²) in [6.07, 6.45) is 12.9. The summed E-state index contributed by atoms with van der Waals surface area (Å²) in [5.74, 6) is 1.08. The number of rotatable bonds is 5. The van der Waals surface area contributed by atoms with Gasteiger partial charge in [0, 0.05) is 18.6 Å². The van der Waals surface area contributed by atoms with E-state index in [9.17, 15) is 9.90 Å². The van der Waals surface area contributed by atoms with Crippen LogP contribution in [0.15, 0.2) is 0 Å². The minimum Gasteiger partial charge on any atom is -0.396 e. The SMILES string of the molecule is O=C(NC(CCO)C1CCCCC1)C1CCCCC1. The van der Waals surface area contributed by atoms with E-state index in [1.54, 1.807) is 0 Å². The Balaban J connectivity index is 1.85. The molecule has 2 aliphatic rings. The first-order valence-electron chi connectivity index (χ1n) is 8.22. The lowest BCUT2D eigenvalue weighted by Gasteiger charge is -2.32. The minimum absolute atomic E-state index is 0.187. The van der Waals surface area contributed by atoms with Gasteiger partial charge in [0.15, 0.2) is 0 Å². The van der Waals surface area contributed by atoms with Crippen molar-refractivity contribution in [2.24, 2.45) is 11.8 Å². The van der Waals surface area contributed by atoms with Crippen molar-refractivity contribution in [3.8, 4) is 0 Å². The molecule has 19 heavy (non-hydrogen) atoms. The van der Waals surface area contributed by atoms with Gasteiger partial charge in [-0.3, -0.25) is 4.79 Å². The zero-order chi connectivity index (χ0) is 13.5. The predicted octanol–water partition coefficient (Wildman–Crippen LogP) is 3.01. The Kier molecular flexibility index (Phi) is 6.15. The van der Waals surface area contributed by atoms with Crippen LogP contribution in [0.2, 0.25) is 0 Å². The first kappa shape index (κ1) is 14.8. The Hall–Kier alpha value is -0.570. The maximum Gasteiger partial charge on any atom is 0.223 e. The molecule has 1 amide bonds. The molecular weight excluding hydrogens is 238 g/mol. The summed E-state index contributed by atoms with van der Waals surface area (Å²) in [6.45, 7) is 0.187. The Morgan fingerprint density at radius 3 is 2.16 bits per heavy atom. The van der Waals surface area contributed by atoms with E-state index >= 15 is 0 Å². The monoisotopic (exact) mass is 267 g/mol. The zero-order valence-electron chi connectivity index (χ0n) is 12.1. The van der Waals surface area contributed by atoms with Crippen LogP contribution in [-0.2, 0) is 4.79 Å². The molecule has 0 aliphatic heterocycles. The van der Waals surface area contributed by atoms with Crippen LogP contribution in [0.4, 0.5) is 0 Å². The van der Waals surface area contributed by atoms with Crippen molar-refractivity contribution in [2.75, 3.05) is 6.61 Å². The van der Waals surface area contributed by atoms with Crippen molar-refractivity contribution in [2.45, 2.75) is 76.7 Å². The predicted molar refractivity (Wildman–Crippen MR) is 76.8 cm³/mol. The van der Waals surface area contributed by atoms with Gasteiger partial charge in [-0.2, -0.15) is 0 Å². The Bertz CT molecular complexity index is 268. The third kappa shape index (κ3) is 4.48. The van der Waals surface area contributed by atoms with Crippen LogP contribution in [0.1, 0.15) is 70.6 Å². The molecule has 0 saturated heterocycles. The molecule has 0 bridgehead atoms. The van der Waals surface area contributed by atoms with Crippen molar-refractivity contribution in [3.63, 3.8) is 0 Å². The first-order chi connectivity index (χ1) is 9.31. The average molecular weight is 267 g/mol. The molecule has 1 atom stereocenters. The normalized spacial score (nSPS) is 24.1. The Morgan fingerprint density at radius 1 is 1.00 bits per heavy atom. The third-order valence-corrected chi connectivity index (χ3v) is 4.96. The van der Waals surface area contributed by atoms with Gasteiger partial charge in [-0.15, -0.1) is 0 Å². The van der Waals surface area contributed by atoms with Crippen LogP contribution in [-0.4, -0.2) is 23.7 Å². The highest BCUT2D eigenvalue weighted by molar-refractivity contribution is 5.79. The van der Waals surface area contributed by atoms with E-state index in [2.05, 4.69) is 5.32 Å². The van der Waals surface area contributed by atoms with Crippen LogP contribution in [0, 0.1) is 11.8 Å². The molecule has 0 aromatic rings. The van der Waals surface area contributed by atoms with Crippen LogP contribution in [0.25, 0.3) is 0 Å². The van der Waals surface area contributed by atoms with E-state index in [-0.39, 0.29) is 24.5 Å². The zero-order valence-corrected chi connectivity index (χ0v) is 12.1. The van der Waals surface area contributed by atoms with Gasteiger partial charge in [0.2, 0.25) is 5.91 Å². The molecule has 0 aromatic carbocycles. The van der Waals surface area contributed by atoms with Crippen molar-refractivity contribution in [1.82, 2.24) is 5.32 Å². The molecule has 3 heteroatoms. The van der Waals surface area contributed by atoms with Crippen LogP contribution < -0.4 is 5.32 Å². The fourth-order valence-corrected chi connectivity index (χ4v) is 3.77. The van der Waals surface area contributed by atoms with E-state index in [0.29, 0.717) is 5.92 Å². The number of aliphatic hydroxyl groups is 1. The molecular formula is C16H29NO2. The molecule has 0 aromatic heterocycles. The number of hydrogen-bond acceptors (Lipinski definition) is 2. The molecule has 0 radical (unpaired) electrons. The van der Waals surface area contributed by atoms with Crippen LogP contribution in [0.3, 0.4) is 0 Å². The van der Waals surface area contributed by atoms with Crippen LogP contribution in [0.5, 0.6) is 0 Å². The van der Waals surface area contributed by atoms with Gasteiger partial charge < -0.3 is 10.4 Å². The van der Waals surface area contributed by atoms with E-state index in [1.165, 1.54) is 51.4 Å². The molecule has 2 fully saturated rings. The molecule has 2 N–H and O–H groups in total. The number of amides is 1. The fourth-order valence-electron chi connectivity index (χ4n) is 3.77. The molecule has 3 nitrogen and oxygen atoms in total. The van der Waals surface area contributed by atoms with Crippen molar-refractivity contribution in [3.05, 3.63) is 0 Å². The van der Waals surface area contributed by atoms with E-state index in [0.717, 1.165) is 19.3 Å². The van der Waals surface area contributed by atoms with Gasteiger partial charge in [0.25, 0.3) is 0 Å². The number of nitrogens with one attached hydrogen (secondary N) is 1. The summed E-state index contributed by atoms with van der Waals surface area (Å²) in [5.41, 5.74) is 0. The van der Waals surface area contributed by atoms with Gasteiger partial charge in [-0.25, -0.2) is 0 Å². The lowest BCUT2D eigenvalue weighted by molar-refractivity contribution is -0.127. The van der Waals surface area contributed by atoms with Gasteiger partial charge in [-0.05, 0) is 38.0 Å². The van der Waals surface area contributed by atoms with Gasteiger partial charge in [0.1, 0.15) is 0 Å². The molecule has 0 heterocycles. The highest BCUT2D eigenvalue weighted by atomic mass is 16.3. The summed E-state index contributed by atoms with van der Waals surface area (Å²) >= 11 is 0. The number of carbonyl (C=O) groups excluding carboxylic acids is 1. The molecule has 2 saturated carbocycles. The molecule has 110 valence electrons. The highest BCUT2D eigenvalue weighted by Gasteiger charge is 2.28. The van der Waals surface area contributed by atoms with Crippen LogP contribution >= 0.6 is 0 Å². The van der Waals surface area contributed by atoms with Crippen molar-refractivity contribution in [1.29, 1.82) is 0 Å². The lowest BCUT2D eigenvalue weighted by Crippen LogP contribution is -2.44. The molecule has 1 unspecified atom stereocenters. The summed E-state index contributed by atoms with van der Waals surface area (Å²) < 4.78 is 0. The van der Waals surface area contributed by atoms with E-state index < -0.39 is 0 Å². The second-order valence-electron chi connectivity index (χ2n) is 6.36. The molecule has 0 spiro atoms. The largest absolute Gasteiger partial charge is 0.396 e. The summed E-state index contributed by atoms with van der Waals surface area (Å²) in [7, 11) is 0. The van der Waals surface area contributed by atoms with Gasteiger partial charge in [-0.1, -0.05) is 38.5 Å². The maximum absolute atomic E-state index is 12.3. The summed E-state index contributed by atoms with van der Waals surface area (Å²) in [4.78, 5) is 12.3. The number of aliphatic hydroxyl groups excluding tert-OH is 1. The second-order valence-corrected chi connectivity index (χ2v) is 6.36. The average Bonchev–Trinajstić information content (AvgIpc) is 2.48. The lowest BCUT2D eigenvalue weighted by atomic mass is 9.82. The molecule has 2 aliphatic carbocycles. The van der Waals surface area contributed by atoms with Gasteiger partial charge >= 0.3 is 0 Å². The highest BCUT2D eigenvalue weighted by Crippen LogP contribution is 2.29. The standard InChI is InChI=1S/C16H29NO2/c18-12-11-15(13-7-3-1-4-8-13)17-16(19)14-9-5-2-6-10-14/h13-15,18H,1-12H2,(H,17,19). The Morgan fingerprint density at radius 2 is 1.58 bits per heavy atom. The fraction of sp³-hybridized carbons (Fsp3) is 0.938. The smallest absolute Gasteiger partial charge is 0.223 e. The summed E-state index contributed by atoms with van der Waals surface area (Å²) in [6, 6.07) is 0.208. The van der Waals surface area contributed by atoms with E-state index in [4.69, 9.17) is 0 Å². The summed E-state index contributed by atoms with van der Waals surface area (Å²) in [5, 5.41) is 12.5. The van der Waals surface area contributed by atoms with Crippen molar-refractivity contribution < 1.29 is 9.90 Å². The first-order valence-corrected chi connectivity index (χ1v) is 8.22. The topological polar surface area (TPSA) is 49.3 Å². The molecule has 2 rings (SSSR count). The number of hydrogen-bond donors (Lipinski definition) is 2. The van der Waals surface area contributed by atoms with Crippen molar-refractivity contribution >= 4 is 5.91 Å². The maximum atomic E-state index is 12.3. The number of carbonyl (C=O) groups is 1. The van der Waals surface area contributed by atoms with Gasteiger partial charge in [0.05, 0.1) is 0 Å². The quantitative estimate of drug-likeness (QED) is 0.804.